The van der Waals surface area contributed by atoms with E-state index < -0.39 is 14.2 Å². The van der Waals surface area contributed by atoms with E-state index in [1.54, 1.807) is 0 Å². The Morgan fingerprint density at radius 2 is 1.52 bits per heavy atom. The first-order chi connectivity index (χ1) is 12.2. The summed E-state index contributed by atoms with van der Waals surface area (Å²) in [7, 11) is -1.12. The van der Waals surface area contributed by atoms with E-state index >= 15 is 0 Å². The first-order valence-electron chi connectivity index (χ1n) is 9.70. The second-order valence-electron chi connectivity index (χ2n) is 10.5. The van der Waals surface area contributed by atoms with Gasteiger partial charge in [-0.05, 0) is 34.6 Å². The SMILES string of the molecule is C#CC(O)c1cc(C(C)(C)C)c(OCOCC[Si](C)(C)C)c(C(C)(C)C)c1. The molecule has 0 amide bonds. The van der Waals surface area contributed by atoms with Gasteiger partial charge < -0.3 is 14.6 Å². The second-order valence-corrected chi connectivity index (χ2v) is 16.1. The number of terminal acetylenes is 1. The van der Waals surface area contributed by atoms with E-state index in [0.29, 0.717) is 0 Å². The zero-order valence-electron chi connectivity index (χ0n) is 18.7. The summed E-state index contributed by atoms with van der Waals surface area (Å²) in [6.45, 7) is 20.8. The van der Waals surface area contributed by atoms with Crippen LogP contribution in [-0.4, -0.2) is 26.6 Å². The van der Waals surface area contributed by atoms with Crippen LogP contribution in [0.2, 0.25) is 25.7 Å². The van der Waals surface area contributed by atoms with Crippen LogP contribution < -0.4 is 4.74 Å². The molecule has 1 atom stereocenters. The normalized spacial score (nSPS) is 14.0. The van der Waals surface area contributed by atoms with Gasteiger partial charge in [0, 0.05) is 25.8 Å². The van der Waals surface area contributed by atoms with Gasteiger partial charge >= 0.3 is 0 Å². The van der Waals surface area contributed by atoms with Gasteiger partial charge in [0.15, 0.2) is 6.79 Å². The molecule has 1 aromatic rings. The molecule has 0 aliphatic carbocycles. The Morgan fingerprint density at radius 1 is 1.04 bits per heavy atom. The Labute approximate surface area is 167 Å². The molecule has 0 saturated heterocycles. The fourth-order valence-corrected chi connectivity index (χ4v) is 3.47. The highest BCUT2D eigenvalue weighted by Gasteiger charge is 2.29. The number of rotatable bonds is 7. The summed E-state index contributed by atoms with van der Waals surface area (Å²) in [5.41, 5.74) is 2.50. The van der Waals surface area contributed by atoms with Gasteiger partial charge in [-0.3, -0.25) is 0 Å². The number of ether oxygens (including phenoxy) is 2. The highest BCUT2D eigenvalue weighted by atomic mass is 28.3. The topological polar surface area (TPSA) is 38.7 Å². The molecule has 1 rings (SSSR count). The molecule has 0 radical (unpaired) electrons. The summed E-state index contributed by atoms with van der Waals surface area (Å²) in [6, 6.07) is 5.05. The van der Waals surface area contributed by atoms with Crippen LogP contribution in [0.25, 0.3) is 0 Å². The molecule has 4 heteroatoms. The van der Waals surface area contributed by atoms with Crippen LogP contribution in [0.1, 0.15) is 64.3 Å². The summed E-state index contributed by atoms with van der Waals surface area (Å²) < 4.78 is 11.9. The van der Waals surface area contributed by atoms with Gasteiger partial charge in [-0.25, -0.2) is 0 Å². The number of aliphatic hydroxyl groups is 1. The summed E-state index contributed by atoms with van der Waals surface area (Å²) in [6.07, 6.45) is 4.54. The minimum Gasteiger partial charge on any atom is -0.467 e. The summed E-state index contributed by atoms with van der Waals surface area (Å²) in [5, 5.41) is 10.2. The summed E-state index contributed by atoms with van der Waals surface area (Å²) in [5.74, 6) is 3.27. The highest BCUT2D eigenvalue weighted by Crippen LogP contribution is 2.41. The Balaban J connectivity index is 3.24. The van der Waals surface area contributed by atoms with Crippen LogP contribution in [-0.2, 0) is 15.6 Å². The quantitative estimate of drug-likeness (QED) is 0.283. The van der Waals surface area contributed by atoms with Crippen LogP contribution in [0.5, 0.6) is 5.75 Å². The van der Waals surface area contributed by atoms with Crippen molar-refractivity contribution >= 4 is 8.07 Å². The predicted octanol–water partition coefficient (Wildman–Crippen LogP) is 5.64. The maximum Gasteiger partial charge on any atom is 0.189 e. The maximum atomic E-state index is 10.2. The number of hydrogen-bond acceptors (Lipinski definition) is 3. The van der Waals surface area contributed by atoms with E-state index in [4.69, 9.17) is 15.9 Å². The lowest BCUT2D eigenvalue weighted by Crippen LogP contribution is -2.23. The van der Waals surface area contributed by atoms with Gasteiger partial charge in [-0.1, -0.05) is 67.1 Å². The van der Waals surface area contributed by atoms with E-state index in [9.17, 15) is 5.11 Å². The minimum absolute atomic E-state index is 0.155. The number of hydrogen-bond donors (Lipinski definition) is 1. The lowest BCUT2D eigenvalue weighted by molar-refractivity contribution is 0.0199. The van der Waals surface area contributed by atoms with Gasteiger partial charge in [0.05, 0.1) is 0 Å². The van der Waals surface area contributed by atoms with Crippen molar-refractivity contribution in [3.8, 4) is 18.1 Å². The van der Waals surface area contributed by atoms with Crippen molar-refractivity contribution in [2.75, 3.05) is 13.4 Å². The Kier molecular flexibility index (Phi) is 7.75. The molecular weight excluding hydrogens is 352 g/mol. The van der Waals surface area contributed by atoms with Crippen molar-refractivity contribution in [1.29, 1.82) is 0 Å². The van der Waals surface area contributed by atoms with Crippen molar-refractivity contribution in [3.05, 3.63) is 28.8 Å². The van der Waals surface area contributed by atoms with E-state index in [1.807, 2.05) is 12.1 Å². The molecule has 0 aliphatic rings. The van der Waals surface area contributed by atoms with E-state index in [2.05, 4.69) is 67.1 Å². The van der Waals surface area contributed by atoms with Crippen molar-refractivity contribution in [2.45, 2.75) is 84.2 Å². The number of benzene rings is 1. The molecule has 0 aromatic heterocycles. The van der Waals surface area contributed by atoms with Crippen LogP contribution >= 0.6 is 0 Å². The Bertz CT molecular complexity index is 632. The van der Waals surface area contributed by atoms with Gasteiger partial charge in [-0.2, -0.15) is 0 Å². The molecule has 0 aliphatic heterocycles. The molecule has 3 nitrogen and oxygen atoms in total. The molecule has 27 heavy (non-hydrogen) atoms. The zero-order valence-corrected chi connectivity index (χ0v) is 19.7. The van der Waals surface area contributed by atoms with Crippen LogP contribution in [0.3, 0.4) is 0 Å². The van der Waals surface area contributed by atoms with Gasteiger partial charge in [0.25, 0.3) is 0 Å². The van der Waals surface area contributed by atoms with E-state index in [1.165, 1.54) is 0 Å². The fourth-order valence-electron chi connectivity index (χ4n) is 2.71. The standard InChI is InChI=1S/C23H38O3Si/c1-11-20(24)17-14-18(22(2,3)4)21(19(15-17)23(5,6)7)26-16-25-12-13-27(8,9)10/h1,14-15,20,24H,12-13,16H2,2-10H3. The molecule has 1 aromatic carbocycles. The molecule has 0 saturated carbocycles. The predicted molar refractivity (Wildman–Crippen MR) is 117 cm³/mol. The molecule has 152 valence electrons. The Morgan fingerprint density at radius 3 is 1.89 bits per heavy atom. The average molecular weight is 391 g/mol. The Hall–Kier alpha value is -1.28. The molecule has 1 N–H and O–H groups in total. The fraction of sp³-hybridized carbons (Fsp3) is 0.652. The number of aliphatic hydroxyl groups excluding tert-OH is 1. The highest BCUT2D eigenvalue weighted by molar-refractivity contribution is 6.76. The van der Waals surface area contributed by atoms with Crippen LogP contribution in [0.4, 0.5) is 0 Å². The third-order valence-electron chi connectivity index (χ3n) is 4.48. The minimum atomic E-state index is -1.12. The molecular formula is C23H38O3Si. The van der Waals surface area contributed by atoms with Crippen molar-refractivity contribution in [3.63, 3.8) is 0 Å². The van der Waals surface area contributed by atoms with Crippen LogP contribution in [0, 0.1) is 12.3 Å². The largest absolute Gasteiger partial charge is 0.467 e. The summed E-state index contributed by atoms with van der Waals surface area (Å²) in [4.78, 5) is 0. The van der Waals surface area contributed by atoms with E-state index in [-0.39, 0.29) is 17.6 Å². The molecule has 0 spiro atoms. The van der Waals surface area contributed by atoms with E-state index in [0.717, 1.165) is 35.1 Å². The lowest BCUT2D eigenvalue weighted by atomic mass is 9.78. The van der Waals surface area contributed by atoms with Gasteiger partial charge in [0.2, 0.25) is 0 Å². The first kappa shape index (κ1) is 23.8. The summed E-state index contributed by atoms with van der Waals surface area (Å²) >= 11 is 0. The third-order valence-corrected chi connectivity index (χ3v) is 6.19. The smallest absolute Gasteiger partial charge is 0.189 e. The molecule has 0 heterocycles. The van der Waals surface area contributed by atoms with Crippen molar-refractivity contribution in [2.24, 2.45) is 0 Å². The average Bonchev–Trinajstić information content (AvgIpc) is 2.50. The molecule has 1 unspecified atom stereocenters. The van der Waals surface area contributed by atoms with Crippen molar-refractivity contribution in [1.82, 2.24) is 0 Å². The third kappa shape index (κ3) is 7.33. The van der Waals surface area contributed by atoms with Crippen molar-refractivity contribution < 1.29 is 14.6 Å². The van der Waals surface area contributed by atoms with Gasteiger partial charge in [0.1, 0.15) is 11.9 Å². The lowest BCUT2D eigenvalue weighted by Gasteiger charge is -2.31. The first-order valence-corrected chi connectivity index (χ1v) is 13.4. The maximum absolute atomic E-state index is 10.2. The monoisotopic (exact) mass is 390 g/mol. The molecule has 0 fully saturated rings. The second kappa shape index (κ2) is 8.81. The molecule has 0 bridgehead atoms. The van der Waals surface area contributed by atoms with Crippen LogP contribution in [0.15, 0.2) is 12.1 Å². The zero-order chi connectivity index (χ0) is 21.0. The van der Waals surface area contributed by atoms with Gasteiger partial charge in [-0.15, -0.1) is 6.42 Å².